The van der Waals surface area contributed by atoms with Gasteiger partial charge in [0, 0.05) is 12.3 Å². The van der Waals surface area contributed by atoms with E-state index in [0.717, 1.165) is 48.2 Å². The van der Waals surface area contributed by atoms with Crippen LogP contribution in [0.25, 0.3) is 0 Å². The van der Waals surface area contributed by atoms with E-state index in [1.165, 1.54) is 12.8 Å². The number of benzene rings is 1. The number of amides is 1. The molecule has 0 saturated heterocycles. The lowest BCUT2D eigenvalue weighted by Crippen LogP contribution is -2.45. The number of nitrogens with one attached hydrogen (secondary N) is 1. The first-order valence-corrected chi connectivity index (χ1v) is 10.1. The van der Waals surface area contributed by atoms with Crippen LogP contribution in [0.4, 0.5) is 5.69 Å². The quantitative estimate of drug-likeness (QED) is 0.661. The number of carbonyl (C=O) groups excluding carboxylic acids is 1. The molecule has 0 radical (unpaired) electrons. The minimum atomic E-state index is -0.681. The van der Waals surface area contributed by atoms with Crippen LogP contribution >= 0.6 is 0 Å². The fourth-order valence-electron chi connectivity index (χ4n) is 3.76. The summed E-state index contributed by atoms with van der Waals surface area (Å²) >= 11 is 0. The molecule has 1 aliphatic carbocycles. The Kier molecular flexibility index (Phi) is 7.51. The molecule has 1 aromatic carbocycles. The summed E-state index contributed by atoms with van der Waals surface area (Å²) in [5, 5.41) is 3.12. The largest absolute Gasteiger partial charge is 0.493 e. The highest BCUT2D eigenvalue weighted by Gasteiger charge is 2.39. The van der Waals surface area contributed by atoms with Gasteiger partial charge in [-0.2, -0.15) is 0 Å². The molecule has 26 heavy (non-hydrogen) atoms. The summed E-state index contributed by atoms with van der Waals surface area (Å²) in [5.41, 5.74) is 2.24. The van der Waals surface area contributed by atoms with Gasteiger partial charge in [0.25, 0.3) is 5.91 Å². The van der Waals surface area contributed by atoms with Crippen molar-refractivity contribution in [2.24, 2.45) is 5.92 Å². The van der Waals surface area contributed by atoms with Crippen molar-refractivity contribution >= 4 is 11.6 Å². The molecule has 4 heteroatoms. The van der Waals surface area contributed by atoms with Crippen LogP contribution < -0.4 is 10.1 Å². The fraction of sp³-hybridized carbons (Fsp3) is 0.682. The zero-order valence-corrected chi connectivity index (χ0v) is 17.1. The monoisotopic (exact) mass is 361 g/mol. The second-order valence-corrected chi connectivity index (χ2v) is 7.94. The average molecular weight is 362 g/mol. The lowest BCUT2D eigenvalue weighted by molar-refractivity contribution is -0.143. The summed E-state index contributed by atoms with van der Waals surface area (Å²) in [6.07, 6.45) is 6.08. The molecular formula is C22H35NO3. The van der Waals surface area contributed by atoms with Crippen LogP contribution in [0.2, 0.25) is 0 Å². The van der Waals surface area contributed by atoms with Crippen LogP contribution in [0.3, 0.4) is 0 Å². The molecular weight excluding hydrogens is 326 g/mol. The van der Waals surface area contributed by atoms with Gasteiger partial charge in [-0.3, -0.25) is 4.79 Å². The summed E-state index contributed by atoms with van der Waals surface area (Å²) in [4.78, 5) is 13.1. The standard InChI is InChI=1S/C22H35NO3/c1-6-26-22(11-9-7-8-10-12-22)21(24)23-19-13-17(4)20(18(5)14-19)25-15-16(2)3/h13-14,16H,6-12,15H2,1-5H3,(H,23,24). The SMILES string of the molecule is CCOC1(C(=O)Nc2cc(C)c(OCC(C)C)c(C)c2)CCCCCC1. The molecule has 1 aromatic rings. The lowest BCUT2D eigenvalue weighted by atomic mass is 9.92. The van der Waals surface area contributed by atoms with Gasteiger partial charge in [-0.15, -0.1) is 0 Å². The number of carbonyl (C=O) groups is 1. The zero-order chi connectivity index (χ0) is 19.2. The van der Waals surface area contributed by atoms with Gasteiger partial charge in [-0.25, -0.2) is 0 Å². The molecule has 0 atom stereocenters. The molecule has 2 rings (SSSR count). The second-order valence-electron chi connectivity index (χ2n) is 7.94. The van der Waals surface area contributed by atoms with Crippen LogP contribution in [0.1, 0.15) is 70.4 Å². The van der Waals surface area contributed by atoms with E-state index >= 15 is 0 Å². The Hall–Kier alpha value is -1.55. The van der Waals surface area contributed by atoms with Gasteiger partial charge in [0.15, 0.2) is 0 Å². The summed E-state index contributed by atoms with van der Waals surface area (Å²) in [7, 11) is 0. The average Bonchev–Trinajstić information content (AvgIpc) is 2.80. The van der Waals surface area contributed by atoms with Crippen molar-refractivity contribution in [1.29, 1.82) is 0 Å². The van der Waals surface area contributed by atoms with E-state index in [1.54, 1.807) is 0 Å². The first-order chi connectivity index (χ1) is 12.4. The number of rotatable bonds is 7. The van der Waals surface area contributed by atoms with Crippen molar-refractivity contribution in [2.45, 2.75) is 78.7 Å². The fourth-order valence-corrected chi connectivity index (χ4v) is 3.76. The van der Waals surface area contributed by atoms with Crippen LogP contribution in [-0.2, 0) is 9.53 Å². The third-order valence-corrected chi connectivity index (χ3v) is 5.02. The van der Waals surface area contributed by atoms with Gasteiger partial charge < -0.3 is 14.8 Å². The minimum Gasteiger partial charge on any atom is -0.493 e. The molecule has 0 heterocycles. The predicted octanol–water partition coefficient (Wildman–Crippen LogP) is 5.41. The van der Waals surface area contributed by atoms with E-state index in [9.17, 15) is 4.79 Å². The Labute approximate surface area is 158 Å². The molecule has 0 aromatic heterocycles. The Morgan fingerprint density at radius 1 is 1.12 bits per heavy atom. The van der Waals surface area contributed by atoms with Crippen molar-refractivity contribution in [3.05, 3.63) is 23.3 Å². The van der Waals surface area contributed by atoms with E-state index in [2.05, 4.69) is 19.2 Å². The summed E-state index contributed by atoms with van der Waals surface area (Å²) in [6, 6.07) is 3.99. The minimum absolute atomic E-state index is 0.00380. The van der Waals surface area contributed by atoms with Crippen molar-refractivity contribution in [3.63, 3.8) is 0 Å². The van der Waals surface area contributed by atoms with Crippen molar-refractivity contribution in [3.8, 4) is 5.75 Å². The highest BCUT2D eigenvalue weighted by molar-refractivity contribution is 5.97. The first-order valence-electron chi connectivity index (χ1n) is 10.1. The number of hydrogen-bond donors (Lipinski definition) is 1. The molecule has 1 fully saturated rings. The Morgan fingerprint density at radius 2 is 1.69 bits per heavy atom. The molecule has 0 spiro atoms. The zero-order valence-electron chi connectivity index (χ0n) is 17.1. The third-order valence-electron chi connectivity index (χ3n) is 5.02. The number of hydrogen-bond acceptors (Lipinski definition) is 3. The van der Waals surface area contributed by atoms with E-state index in [1.807, 2.05) is 32.9 Å². The van der Waals surface area contributed by atoms with Gasteiger partial charge >= 0.3 is 0 Å². The van der Waals surface area contributed by atoms with E-state index in [4.69, 9.17) is 9.47 Å². The molecule has 0 unspecified atom stereocenters. The molecule has 1 saturated carbocycles. The van der Waals surface area contributed by atoms with Gasteiger partial charge in [-0.05, 0) is 62.8 Å². The molecule has 0 bridgehead atoms. The number of anilines is 1. The summed E-state index contributed by atoms with van der Waals surface area (Å²) < 4.78 is 11.9. The number of ether oxygens (including phenoxy) is 2. The smallest absolute Gasteiger partial charge is 0.256 e. The first kappa shape index (κ1) is 20.8. The van der Waals surface area contributed by atoms with Gasteiger partial charge in [0.2, 0.25) is 0 Å². The predicted molar refractivity (Wildman–Crippen MR) is 107 cm³/mol. The normalized spacial score (nSPS) is 17.0. The van der Waals surface area contributed by atoms with Gasteiger partial charge in [0.05, 0.1) is 6.61 Å². The maximum absolute atomic E-state index is 13.1. The number of aryl methyl sites for hydroxylation is 2. The van der Waals surface area contributed by atoms with Crippen molar-refractivity contribution in [1.82, 2.24) is 0 Å². The highest BCUT2D eigenvalue weighted by atomic mass is 16.5. The molecule has 4 nitrogen and oxygen atoms in total. The van der Waals surface area contributed by atoms with Crippen molar-refractivity contribution in [2.75, 3.05) is 18.5 Å². The van der Waals surface area contributed by atoms with E-state index in [0.29, 0.717) is 19.1 Å². The maximum Gasteiger partial charge on any atom is 0.256 e. The second kappa shape index (κ2) is 9.40. The molecule has 146 valence electrons. The van der Waals surface area contributed by atoms with Crippen LogP contribution in [-0.4, -0.2) is 24.7 Å². The summed E-state index contributed by atoms with van der Waals surface area (Å²) in [5.74, 6) is 1.40. The Morgan fingerprint density at radius 3 is 2.19 bits per heavy atom. The third kappa shape index (κ3) is 5.23. The highest BCUT2D eigenvalue weighted by Crippen LogP contribution is 2.33. The van der Waals surface area contributed by atoms with Crippen LogP contribution in [0.15, 0.2) is 12.1 Å². The maximum atomic E-state index is 13.1. The van der Waals surface area contributed by atoms with Crippen molar-refractivity contribution < 1.29 is 14.3 Å². The van der Waals surface area contributed by atoms with Gasteiger partial charge in [-0.1, -0.05) is 39.5 Å². The molecule has 1 aliphatic rings. The molecule has 1 amide bonds. The lowest BCUT2D eigenvalue weighted by Gasteiger charge is -2.31. The molecule has 0 aliphatic heterocycles. The Bertz CT molecular complexity index is 578. The van der Waals surface area contributed by atoms with Crippen LogP contribution in [0.5, 0.6) is 5.75 Å². The molecule has 1 N–H and O–H groups in total. The van der Waals surface area contributed by atoms with E-state index < -0.39 is 5.60 Å². The van der Waals surface area contributed by atoms with E-state index in [-0.39, 0.29) is 5.91 Å². The van der Waals surface area contributed by atoms with Crippen LogP contribution in [0, 0.1) is 19.8 Å². The van der Waals surface area contributed by atoms with Gasteiger partial charge in [0.1, 0.15) is 11.4 Å². The summed E-state index contributed by atoms with van der Waals surface area (Å²) in [6.45, 7) is 11.6. The Balaban J connectivity index is 2.16. The topological polar surface area (TPSA) is 47.6 Å².